The van der Waals surface area contributed by atoms with Crippen LogP contribution in [0.2, 0.25) is 0 Å². The summed E-state index contributed by atoms with van der Waals surface area (Å²) in [6.45, 7) is 8.22. The Morgan fingerprint density at radius 1 is 1.59 bits per heavy atom. The lowest BCUT2D eigenvalue weighted by molar-refractivity contribution is -0.0311. The van der Waals surface area contributed by atoms with Gasteiger partial charge in [-0.05, 0) is 20.4 Å². The fourth-order valence-electron chi connectivity index (χ4n) is 1.47. The first-order chi connectivity index (χ1) is 8.05. The van der Waals surface area contributed by atoms with Crippen molar-refractivity contribution in [1.82, 2.24) is 10.3 Å². The Bertz CT molecular complexity index is 326. The minimum Gasteiger partial charge on any atom is -0.386 e. The fourth-order valence-corrected chi connectivity index (χ4v) is 2.23. The molecule has 0 aliphatic rings. The summed E-state index contributed by atoms with van der Waals surface area (Å²) in [5, 5.41) is 13.1. The van der Waals surface area contributed by atoms with Crippen molar-refractivity contribution in [3.8, 4) is 0 Å². The van der Waals surface area contributed by atoms with Gasteiger partial charge in [-0.3, -0.25) is 0 Å². The SMILES string of the molecule is CCNCC(C)(O)COCCc1scnc1C. The van der Waals surface area contributed by atoms with E-state index >= 15 is 0 Å². The summed E-state index contributed by atoms with van der Waals surface area (Å²) >= 11 is 1.66. The van der Waals surface area contributed by atoms with Crippen molar-refractivity contribution in [1.29, 1.82) is 0 Å². The first kappa shape index (κ1) is 14.6. The minimum absolute atomic E-state index is 0.359. The number of ether oxygens (including phenoxy) is 1. The van der Waals surface area contributed by atoms with Crippen molar-refractivity contribution < 1.29 is 9.84 Å². The highest BCUT2D eigenvalue weighted by atomic mass is 32.1. The monoisotopic (exact) mass is 258 g/mol. The highest BCUT2D eigenvalue weighted by Crippen LogP contribution is 2.13. The number of thiazole rings is 1. The smallest absolute Gasteiger partial charge is 0.0975 e. The highest BCUT2D eigenvalue weighted by molar-refractivity contribution is 7.09. The van der Waals surface area contributed by atoms with Crippen LogP contribution in [-0.4, -0.2) is 42.0 Å². The fraction of sp³-hybridized carbons (Fsp3) is 0.750. The molecule has 2 N–H and O–H groups in total. The van der Waals surface area contributed by atoms with Gasteiger partial charge in [0.1, 0.15) is 0 Å². The van der Waals surface area contributed by atoms with Crippen LogP contribution in [0.1, 0.15) is 24.4 Å². The lowest BCUT2D eigenvalue weighted by atomic mass is 10.1. The second-order valence-corrected chi connectivity index (χ2v) is 5.38. The van der Waals surface area contributed by atoms with Crippen LogP contribution in [0.4, 0.5) is 0 Å². The second kappa shape index (κ2) is 7.06. The quantitative estimate of drug-likeness (QED) is 0.692. The molecule has 17 heavy (non-hydrogen) atoms. The molecule has 0 saturated carbocycles. The highest BCUT2D eigenvalue weighted by Gasteiger charge is 2.19. The molecule has 5 heteroatoms. The number of hydrogen-bond donors (Lipinski definition) is 2. The van der Waals surface area contributed by atoms with E-state index in [4.69, 9.17) is 4.74 Å². The molecule has 1 atom stereocenters. The van der Waals surface area contributed by atoms with Crippen molar-refractivity contribution in [2.24, 2.45) is 0 Å². The zero-order valence-electron chi connectivity index (χ0n) is 10.8. The van der Waals surface area contributed by atoms with E-state index in [1.54, 1.807) is 18.3 Å². The molecule has 1 unspecified atom stereocenters. The second-order valence-electron chi connectivity index (χ2n) is 4.44. The molecule has 0 amide bonds. The zero-order valence-corrected chi connectivity index (χ0v) is 11.6. The maximum atomic E-state index is 9.96. The van der Waals surface area contributed by atoms with Gasteiger partial charge in [0.2, 0.25) is 0 Å². The van der Waals surface area contributed by atoms with Crippen LogP contribution in [0.3, 0.4) is 0 Å². The van der Waals surface area contributed by atoms with Gasteiger partial charge in [0.25, 0.3) is 0 Å². The van der Waals surface area contributed by atoms with Crippen LogP contribution in [0.15, 0.2) is 5.51 Å². The maximum Gasteiger partial charge on any atom is 0.0975 e. The summed E-state index contributed by atoms with van der Waals surface area (Å²) in [6, 6.07) is 0. The van der Waals surface area contributed by atoms with Crippen molar-refractivity contribution in [3.63, 3.8) is 0 Å². The third-order valence-electron chi connectivity index (χ3n) is 2.49. The minimum atomic E-state index is -0.793. The summed E-state index contributed by atoms with van der Waals surface area (Å²) in [7, 11) is 0. The third-order valence-corrected chi connectivity index (χ3v) is 3.48. The molecule has 1 aromatic heterocycles. The Morgan fingerprint density at radius 2 is 2.35 bits per heavy atom. The standard InChI is InChI=1S/C12H22N2O2S/c1-4-13-7-12(3,15)8-16-6-5-11-10(2)14-9-17-11/h9,13,15H,4-8H2,1-3H3. The van der Waals surface area contributed by atoms with Crippen LogP contribution in [0.25, 0.3) is 0 Å². The van der Waals surface area contributed by atoms with Crippen LogP contribution in [0, 0.1) is 6.92 Å². The summed E-state index contributed by atoms with van der Waals surface area (Å²) in [5.74, 6) is 0. The molecule has 0 bridgehead atoms. The molecule has 1 heterocycles. The number of aromatic nitrogens is 1. The third kappa shape index (κ3) is 5.59. The van der Waals surface area contributed by atoms with Crippen LogP contribution in [-0.2, 0) is 11.2 Å². The van der Waals surface area contributed by atoms with Gasteiger partial charge in [0, 0.05) is 17.8 Å². The normalized spacial score (nSPS) is 14.8. The van der Waals surface area contributed by atoms with Crippen molar-refractivity contribution in [2.75, 3.05) is 26.3 Å². The Kier molecular flexibility index (Phi) is 6.05. The average Bonchev–Trinajstić information content (AvgIpc) is 2.68. The predicted octanol–water partition coefficient (Wildman–Crippen LogP) is 1.37. The summed E-state index contributed by atoms with van der Waals surface area (Å²) in [4.78, 5) is 5.45. The van der Waals surface area contributed by atoms with E-state index in [2.05, 4.69) is 10.3 Å². The van der Waals surface area contributed by atoms with Gasteiger partial charge < -0.3 is 15.2 Å². The van der Waals surface area contributed by atoms with Gasteiger partial charge in [-0.2, -0.15) is 0 Å². The molecule has 4 nitrogen and oxygen atoms in total. The Labute approximate surface area is 107 Å². The van der Waals surface area contributed by atoms with Gasteiger partial charge in [-0.1, -0.05) is 6.92 Å². The largest absolute Gasteiger partial charge is 0.386 e. The number of aliphatic hydroxyl groups is 1. The molecule has 98 valence electrons. The Hall–Kier alpha value is -0.490. The summed E-state index contributed by atoms with van der Waals surface area (Å²) < 4.78 is 5.51. The molecule has 0 saturated heterocycles. The number of hydrogen-bond acceptors (Lipinski definition) is 5. The number of aryl methyl sites for hydroxylation is 1. The van der Waals surface area contributed by atoms with Crippen molar-refractivity contribution >= 4 is 11.3 Å². The van der Waals surface area contributed by atoms with E-state index in [1.165, 1.54) is 4.88 Å². The molecule has 0 aromatic carbocycles. The average molecular weight is 258 g/mol. The van der Waals surface area contributed by atoms with E-state index in [0.29, 0.717) is 19.8 Å². The van der Waals surface area contributed by atoms with Gasteiger partial charge in [-0.25, -0.2) is 4.98 Å². The Morgan fingerprint density at radius 3 is 2.94 bits per heavy atom. The topological polar surface area (TPSA) is 54.4 Å². The molecule has 0 spiro atoms. The molecule has 0 radical (unpaired) electrons. The molecule has 1 aromatic rings. The van der Waals surface area contributed by atoms with Crippen LogP contribution >= 0.6 is 11.3 Å². The first-order valence-electron chi connectivity index (χ1n) is 5.95. The molecular formula is C12H22N2O2S. The number of rotatable bonds is 8. The maximum absolute atomic E-state index is 9.96. The van der Waals surface area contributed by atoms with Gasteiger partial charge in [0.15, 0.2) is 0 Å². The van der Waals surface area contributed by atoms with E-state index in [9.17, 15) is 5.11 Å². The molecule has 0 aliphatic carbocycles. The number of likely N-dealkylation sites (N-methyl/N-ethyl adjacent to an activating group) is 1. The van der Waals surface area contributed by atoms with E-state index in [-0.39, 0.29) is 0 Å². The lowest BCUT2D eigenvalue weighted by Gasteiger charge is -2.23. The van der Waals surface area contributed by atoms with Crippen LogP contribution in [0.5, 0.6) is 0 Å². The molecular weight excluding hydrogens is 236 g/mol. The first-order valence-corrected chi connectivity index (χ1v) is 6.83. The summed E-state index contributed by atoms with van der Waals surface area (Å²) in [6.07, 6.45) is 0.869. The van der Waals surface area contributed by atoms with E-state index < -0.39 is 5.60 Å². The summed E-state index contributed by atoms with van der Waals surface area (Å²) in [5.41, 5.74) is 2.14. The molecule has 0 aliphatic heterocycles. The number of nitrogens with zero attached hydrogens (tertiary/aromatic N) is 1. The van der Waals surface area contributed by atoms with Crippen molar-refractivity contribution in [3.05, 3.63) is 16.1 Å². The van der Waals surface area contributed by atoms with Gasteiger partial charge in [0.05, 0.1) is 30.0 Å². The Balaban J connectivity index is 2.17. The van der Waals surface area contributed by atoms with Crippen molar-refractivity contribution in [2.45, 2.75) is 32.8 Å². The van der Waals surface area contributed by atoms with Gasteiger partial charge in [-0.15, -0.1) is 11.3 Å². The van der Waals surface area contributed by atoms with Crippen LogP contribution < -0.4 is 5.32 Å². The van der Waals surface area contributed by atoms with Gasteiger partial charge >= 0.3 is 0 Å². The number of nitrogens with one attached hydrogen (secondary N) is 1. The van der Waals surface area contributed by atoms with E-state index in [0.717, 1.165) is 18.7 Å². The lowest BCUT2D eigenvalue weighted by Crippen LogP contribution is -2.41. The predicted molar refractivity (Wildman–Crippen MR) is 70.5 cm³/mol. The molecule has 1 rings (SSSR count). The zero-order chi connectivity index (χ0) is 12.7. The molecule has 0 fully saturated rings. The van der Waals surface area contributed by atoms with E-state index in [1.807, 2.05) is 19.4 Å².